The van der Waals surface area contributed by atoms with Crippen LogP contribution in [0.5, 0.6) is 11.5 Å². The van der Waals surface area contributed by atoms with E-state index in [2.05, 4.69) is 41.9 Å². The summed E-state index contributed by atoms with van der Waals surface area (Å²) < 4.78 is 28.4. The topological polar surface area (TPSA) is 65.7 Å². The van der Waals surface area contributed by atoms with Crippen LogP contribution in [0.2, 0.25) is 0 Å². The van der Waals surface area contributed by atoms with Crippen LogP contribution in [0.3, 0.4) is 0 Å². The van der Waals surface area contributed by atoms with Gasteiger partial charge in [-0.2, -0.15) is 9.78 Å². The van der Waals surface area contributed by atoms with Gasteiger partial charge in [0.25, 0.3) is 5.56 Å². The van der Waals surface area contributed by atoms with E-state index in [9.17, 15) is 9.18 Å². The van der Waals surface area contributed by atoms with Crippen molar-refractivity contribution in [3.05, 3.63) is 96.7 Å². The smallest absolute Gasteiger partial charge is 0.282 e. The van der Waals surface area contributed by atoms with Crippen LogP contribution in [0, 0.1) is 5.82 Å². The van der Waals surface area contributed by atoms with Crippen molar-refractivity contribution in [1.29, 1.82) is 0 Å². The lowest BCUT2D eigenvalue weighted by atomic mass is 10.2. The average Bonchev–Trinajstić information content (AvgIpc) is 2.83. The summed E-state index contributed by atoms with van der Waals surface area (Å²) in [5.74, 6) is 0.923. The zero-order valence-corrected chi connectivity index (χ0v) is 22.4. The molecular weight excluding hydrogens is 581 g/mol. The molecule has 4 aromatic rings. The number of rotatable bonds is 7. The van der Waals surface area contributed by atoms with Crippen molar-refractivity contribution >= 4 is 49.0 Å². The van der Waals surface area contributed by atoms with Gasteiger partial charge in [0.2, 0.25) is 0 Å². The molecule has 0 unspecified atom stereocenters. The third kappa shape index (κ3) is 5.46. The molecule has 0 saturated heterocycles. The second-order valence-corrected chi connectivity index (χ2v) is 9.89. The van der Waals surface area contributed by atoms with Gasteiger partial charge >= 0.3 is 0 Å². The van der Waals surface area contributed by atoms with Crippen molar-refractivity contribution in [2.75, 3.05) is 7.11 Å². The summed E-state index contributed by atoms with van der Waals surface area (Å²) in [4.78, 5) is 18.0. The Morgan fingerprint density at radius 1 is 1.11 bits per heavy atom. The molecule has 0 amide bonds. The molecule has 0 aliphatic carbocycles. The summed E-state index contributed by atoms with van der Waals surface area (Å²) in [6, 6.07) is 15.3. The molecule has 35 heavy (non-hydrogen) atoms. The van der Waals surface area contributed by atoms with E-state index >= 15 is 0 Å². The highest BCUT2D eigenvalue weighted by molar-refractivity contribution is 9.10. The largest absolute Gasteiger partial charge is 0.493 e. The highest BCUT2D eigenvalue weighted by atomic mass is 79.9. The van der Waals surface area contributed by atoms with Gasteiger partial charge in [-0.05, 0) is 36.4 Å². The van der Waals surface area contributed by atoms with Crippen molar-refractivity contribution < 1.29 is 13.9 Å². The normalized spacial score (nSPS) is 11.5. The second kappa shape index (κ2) is 10.7. The van der Waals surface area contributed by atoms with Crippen LogP contribution >= 0.6 is 31.9 Å². The maximum absolute atomic E-state index is 14.1. The van der Waals surface area contributed by atoms with Gasteiger partial charge in [0.1, 0.15) is 18.2 Å². The maximum atomic E-state index is 14.1. The molecule has 0 atom stereocenters. The Morgan fingerprint density at radius 3 is 2.60 bits per heavy atom. The molecule has 9 heteroatoms. The van der Waals surface area contributed by atoms with Crippen molar-refractivity contribution in [2.45, 2.75) is 26.4 Å². The molecule has 3 aromatic carbocycles. The minimum Gasteiger partial charge on any atom is -0.493 e. The molecule has 4 rings (SSSR count). The number of fused-ring (bicyclic) bond motifs is 1. The Labute approximate surface area is 218 Å². The van der Waals surface area contributed by atoms with Gasteiger partial charge < -0.3 is 9.47 Å². The third-order valence-corrected chi connectivity index (χ3v) is 6.21. The molecule has 0 N–H and O–H groups in total. The number of hydrogen-bond donors (Lipinski definition) is 0. The lowest BCUT2D eigenvalue weighted by molar-refractivity contribution is 0.279. The zero-order chi connectivity index (χ0) is 25.1. The van der Waals surface area contributed by atoms with Gasteiger partial charge in [-0.25, -0.2) is 9.37 Å². The molecule has 180 valence electrons. The molecule has 0 spiro atoms. The molecule has 0 saturated carbocycles. The fourth-order valence-electron chi connectivity index (χ4n) is 3.53. The van der Waals surface area contributed by atoms with Gasteiger partial charge in [0.15, 0.2) is 11.5 Å². The van der Waals surface area contributed by atoms with E-state index in [1.165, 1.54) is 24.1 Å². The molecule has 0 bridgehead atoms. The summed E-state index contributed by atoms with van der Waals surface area (Å²) in [7, 11) is 1.52. The van der Waals surface area contributed by atoms with Crippen LogP contribution in [0.15, 0.2) is 73.4 Å². The van der Waals surface area contributed by atoms with E-state index in [0.29, 0.717) is 39.4 Å². The van der Waals surface area contributed by atoms with Crippen LogP contribution < -0.4 is 15.0 Å². The lowest BCUT2D eigenvalue weighted by Crippen LogP contribution is -2.23. The van der Waals surface area contributed by atoms with E-state index in [0.717, 1.165) is 8.95 Å². The maximum Gasteiger partial charge on any atom is 0.282 e. The van der Waals surface area contributed by atoms with Crippen LogP contribution in [-0.4, -0.2) is 23.0 Å². The summed E-state index contributed by atoms with van der Waals surface area (Å²) in [6.45, 7) is 3.89. The van der Waals surface area contributed by atoms with Gasteiger partial charge in [-0.3, -0.25) is 4.79 Å². The van der Waals surface area contributed by atoms with E-state index in [1.807, 2.05) is 19.9 Å². The Bertz CT molecular complexity index is 1490. The number of nitrogens with zero attached hydrogens (tertiary/aromatic N) is 3. The Kier molecular flexibility index (Phi) is 7.66. The molecule has 6 nitrogen and oxygen atoms in total. The first-order valence-electron chi connectivity index (χ1n) is 10.8. The lowest BCUT2D eigenvalue weighted by Gasteiger charge is -2.15. The first-order chi connectivity index (χ1) is 16.8. The summed E-state index contributed by atoms with van der Waals surface area (Å²) in [5.41, 5.74) is 1.27. The fraction of sp³-hybridized carbons (Fsp3) is 0.192. The van der Waals surface area contributed by atoms with Gasteiger partial charge in [0, 0.05) is 26.0 Å². The highest BCUT2D eigenvalue weighted by Crippen LogP contribution is 2.35. The number of aromatic nitrogens is 2. The van der Waals surface area contributed by atoms with E-state index in [1.54, 1.807) is 42.5 Å². The fourth-order valence-corrected chi connectivity index (χ4v) is 4.34. The Hall–Kier alpha value is -3.04. The number of methoxy groups -OCH3 is 1. The average molecular weight is 603 g/mol. The molecule has 0 aliphatic heterocycles. The van der Waals surface area contributed by atoms with Crippen LogP contribution in [0.1, 0.15) is 36.7 Å². The van der Waals surface area contributed by atoms with Gasteiger partial charge in [-0.15, -0.1) is 0 Å². The van der Waals surface area contributed by atoms with E-state index < -0.39 is 0 Å². The van der Waals surface area contributed by atoms with Crippen molar-refractivity contribution in [2.24, 2.45) is 5.10 Å². The summed E-state index contributed by atoms with van der Waals surface area (Å²) in [6.07, 6.45) is 1.52. The third-order valence-electron chi connectivity index (χ3n) is 5.26. The quantitative estimate of drug-likeness (QED) is 0.222. The first kappa shape index (κ1) is 25.1. The Morgan fingerprint density at radius 2 is 1.89 bits per heavy atom. The van der Waals surface area contributed by atoms with Crippen molar-refractivity contribution in [1.82, 2.24) is 9.66 Å². The van der Waals surface area contributed by atoms with Gasteiger partial charge in [0.05, 0.1) is 24.2 Å². The predicted octanol–water partition coefficient (Wildman–Crippen LogP) is 6.65. The molecule has 1 heterocycles. The van der Waals surface area contributed by atoms with E-state index in [-0.39, 0.29) is 23.9 Å². The standard InChI is InChI=1S/C26H22Br2FN3O3/c1-15(2)25-31-22-9-8-18(27)11-20(22)26(33)32(25)30-13-17-10-19(28)12-23(34-3)24(17)35-14-16-6-4-5-7-21(16)29/h4-13,15H,14H2,1-3H3. The van der Waals surface area contributed by atoms with Gasteiger partial charge in [-0.1, -0.05) is 63.9 Å². The summed E-state index contributed by atoms with van der Waals surface area (Å²) >= 11 is 6.88. The van der Waals surface area contributed by atoms with Crippen LogP contribution in [-0.2, 0) is 6.61 Å². The molecule has 0 radical (unpaired) electrons. The van der Waals surface area contributed by atoms with Crippen molar-refractivity contribution in [3.63, 3.8) is 0 Å². The van der Waals surface area contributed by atoms with Crippen molar-refractivity contribution in [3.8, 4) is 11.5 Å². The van der Waals surface area contributed by atoms with Crippen LogP contribution in [0.4, 0.5) is 4.39 Å². The number of hydrogen-bond acceptors (Lipinski definition) is 5. The first-order valence-corrected chi connectivity index (χ1v) is 12.4. The number of halogens is 3. The molecule has 0 aliphatic rings. The highest BCUT2D eigenvalue weighted by Gasteiger charge is 2.16. The van der Waals surface area contributed by atoms with Crippen LogP contribution in [0.25, 0.3) is 10.9 Å². The SMILES string of the molecule is COc1cc(Br)cc(C=Nn2c(C(C)C)nc3ccc(Br)cc3c2=O)c1OCc1ccccc1F. The predicted molar refractivity (Wildman–Crippen MR) is 142 cm³/mol. The zero-order valence-electron chi connectivity index (χ0n) is 19.3. The van der Waals surface area contributed by atoms with E-state index in [4.69, 9.17) is 9.47 Å². The monoisotopic (exact) mass is 601 g/mol. The summed E-state index contributed by atoms with van der Waals surface area (Å²) in [5, 5.41) is 4.95. The molecular formula is C26H22Br2FN3O3. The molecule has 0 fully saturated rings. The minimum absolute atomic E-state index is 0.00570. The molecule has 1 aromatic heterocycles. The number of benzene rings is 3. The minimum atomic E-state index is -0.361. The Balaban J connectivity index is 1.80. The second-order valence-electron chi connectivity index (χ2n) is 8.05. The number of ether oxygens (including phenoxy) is 2.